The summed E-state index contributed by atoms with van der Waals surface area (Å²) in [6.45, 7) is 2.29. The van der Waals surface area contributed by atoms with Crippen LogP contribution in [0, 0.1) is 11.3 Å². The van der Waals surface area contributed by atoms with Crippen molar-refractivity contribution in [1.29, 1.82) is 5.26 Å². The Morgan fingerprint density at radius 3 is 2.79 bits per heavy atom. The van der Waals surface area contributed by atoms with E-state index in [1.54, 1.807) is 31.5 Å². The maximum absolute atomic E-state index is 12.1. The molecule has 0 unspecified atom stereocenters. The van der Waals surface area contributed by atoms with Crippen molar-refractivity contribution in [1.82, 2.24) is 14.1 Å². The molecule has 2 rings (SSSR count). The molecule has 0 aromatic carbocycles. The van der Waals surface area contributed by atoms with E-state index in [-0.39, 0.29) is 12.1 Å². The summed E-state index contributed by atoms with van der Waals surface area (Å²) in [6.07, 6.45) is 4.49. The molecule has 0 radical (unpaired) electrons. The van der Waals surface area contributed by atoms with E-state index in [4.69, 9.17) is 5.26 Å². The molecule has 0 bridgehead atoms. The summed E-state index contributed by atoms with van der Waals surface area (Å²) in [7, 11) is 0. The lowest BCUT2D eigenvalue weighted by Crippen LogP contribution is -2.40. The first-order valence-electron chi connectivity index (χ1n) is 5.80. The molecule has 6 heteroatoms. The Balaban J connectivity index is 2.60. The van der Waals surface area contributed by atoms with Gasteiger partial charge in [0.05, 0.1) is 6.54 Å². The molecule has 6 nitrogen and oxygen atoms in total. The van der Waals surface area contributed by atoms with Crippen molar-refractivity contribution in [2.45, 2.75) is 20.0 Å². The molecule has 0 atom stereocenters. The number of aryl methyl sites for hydroxylation is 1. The second-order valence-electron chi connectivity index (χ2n) is 3.98. The van der Waals surface area contributed by atoms with Crippen LogP contribution in [-0.2, 0) is 13.1 Å². The fraction of sp³-hybridized carbons (Fsp3) is 0.231. The SMILES string of the molecule is CCn1cc(C#N)c(=O)n(Cc2cccnc2)c1=O. The molecule has 0 fully saturated rings. The maximum atomic E-state index is 12.1. The van der Waals surface area contributed by atoms with Crippen LogP contribution in [0.4, 0.5) is 0 Å². The average Bonchev–Trinajstić information content (AvgIpc) is 2.45. The predicted molar refractivity (Wildman–Crippen MR) is 68.7 cm³/mol. The Morgan fingerprint density at radius 2 is 2.21 bits per heavy atom. The minimum absolute atomic E-state index is 0.0367. The molecule has 0 amide bonds. The van der Waals surface area contributed by atoms with Gasteiger partial charge in [-0.2, -0.15) is 5.26 Å². The molecule has 0 aliphatic heterocycles. The normalized spacial score (nSPS) is 10.1. The van der Waals surface area contributed by atoms with Crippen LogP contribution in [0.3, 0.4) is 0 Å². The van der Waals surface area contributed by atoms with Gasteiger partial charge in [-0.1, -0.05) is 6.07 Å². The summed E-state index contributed by atoms with van der Waals surface area (Å²) < 4.78 is 2.40. The lowest BCUT2D eigenvalue weighted by molar-refractivity contribution is 0.597. The van der Waals surface area contributed by atoms with Gasteiger partial charge in [0.2, 0.25) is 0 Å². The zero-order chi connectivity index (χ0) is 13.8. The molecule has 0 N–H and O–H groups in total. The van der Waals surface area contributed by atoms with E-state index < -0.39 is 11.2 Å². The van der Waals surface area contributed by atoms with Crippen molar-refractivity contribution in [3.8, 4) is 6.07 Å². The minimum atomic E-state index is -0.568. The first-order chi connectivity index (χ1) is 9.17. The highest BCUT2D eigenvalue weighted by atomic mass is 16.2. The smallest absolute Gasteiger partial charge is 0.299 e. The summed E-state index contributed by atoms with van der Waals surface area (Å²) in [5.74, 6) is 0. The largest absolute Gasteiger partial charge is 0.331 e. The van der Waals surface area contributed by atoms with Crippen LogP contribution in [0.1, 0.15) is 18.1 Å². The Morgan fingerprint density at radius 1 is 1.42 bits per heavy atom. The third-order valence-corrected chi connectivity index (χ3v) is 2.76. The number of pyridine rings is 1. The fourth-order valence-electron chi connectivity index (χ4n) is 1.77. The highest BCUT2D eigenvalue weighted by Gasteiger charge is 2.10. The van der Waals surface area contributed by atoms with Crippen molar-refractivity contribution < 1.29 is 0 Å². The van der Waals surface area contributed by atoms with Gasteiger partial charge in [0, 0.05) is 25.1 Å². The zero-order valence-electron chi connectivity index (χ0n) is 10.4. The van der Waals surface area contributed by atoms with Crippen molar-refractivity contribution in [3.05, 3.63) is 62.7 Å². The monoisotopic (exact) mass is 256 g/mol. The van der Waals surface area contributed by atoms with Gasteiger partial charge in [-0.3, -0.25) is 18.9 Å². The number of nitrogens with zero attached hydrogens (tertiary/aromatic N) is 4. The number of aromatic nitrogens is 3. The summed E-state index contributed by atoms with van der Waals surface area (Å²) >= 11 is 0. The summed E-state index contributed by atoms with van der Waals surface area (Å²) in [6, 6.07) is 5.32. The maximum Gasteiger partial charge on any atom is 0.331 e. The van der Waals surface area contributed by atoms with Gasteiger partial charge in [0.15, 0.2) is 0 Å². The number of hydrogen-bond acceptors (Lipinski definition) is 4. The first kappa shape index (κ1) is 12.8. The van der Waals surface area contributed by atoms with Gasteiger partial charge < -0.3 is 0 Å². The van der Waals surface area contributed by atoms with Crippen LogP contribution in [0.15, 0.2) is 40.3 Å². The van der Waals surface area contributed by atoms with Gasteiger partial charge in [0.1, 0.15) is 11.6 Å². The molecule has 19 heavy (non-hydrogen) atoms. The van der Waals surface area contributed by atoms with Crippen LogP contribution in [0.5, 0.6) is 0 Å². The van der Waals surface area contributed by atoms with Gasteiger partial charge in [-0.05, 0) is 18.6 Å². The summed E-state index contributed by atoms with van der Waals surface area (Å²) in [5, 5.41) is 8.93. The molecule has 2 aromatic heterocycles. The molecule has 0 saturated carbocycles. The van der Waals surface area contributed by atoms with Gasteiger partial charge in [0.25, 0.3) is 5.56 Å². The van der Waals surface area contributed by atoms with Crippen LogP contribution >= 0.6 is 0 Å². The molecule has 0 saturated heterocycles. The second kappa shape index (κ2) is 5.31. The molecular weight excluding hydrogens is 244 g/mol. The Labute approximate surface area is 109 Å². The van der Waals surface area contributed by atoms with Gasteiger partial charge in [-0.25, -0.2) is 4.79 Å². The molecule has 96 valence electrons. The molecule has 2 aromatic rings. The third-order valence-electron chi connectivity index (χ3n) is 2.76. The van der Waals surface area contributed by atoms with E-state index in [0.717, 1.165) is 10.1 Å². The van der Waals surface area contributed by atoms with Crippen LogP contribution < -0.4 is 11.2 Å². The van der Waals surface area contributed by atoms with Crippen LogP contribution in [-0.4, -0.2) is 14.1 Å². The van der Waals surface area contributed by atoms with E-state index in [2.05, 4.69) is 4.98 Å². The molecule has 2 heterocycles. The molecule has 0 aliphatic rings. The summed E-state index contributed by atoms with van der Waals surface area (Å²) in [4.78, 5) is 28.0. The minimum Gasteiger partial charge on any atom is -0.299 e. The number of nitriles is 1. The Hall–Kier alpha value is -2.68. The van der Waals surface area contributed by atoms with Gasteiger partial charge >= 0.3 is 5.69 Å². The van der Waals surface area contributed by atoms with Crippen molar-refractivity contribution in [2.75, 3.05) is 0 Å². The van der Waals surface area contributed by atoms with E-state index in [1.165, 1.54) is 10.8 Å². The lowest BCUT2D eigenvalue weighted by Gasteiger charge is -2.09. The molecule has 0 spiro atoms. The Kier molecular flexibility index (Phi) is 3.57. The first-order valence-corrected chi connectivity index (χ1v) is 5.80. The highest BCUT2D eigenvalue weighted by Crippen LogP contribution is 1.97. The molecular formula is C13H12N4O2. The average molecular weight is 256 g/mol. The summed E-state index contributed by atoms with van der Waals surface area (Å²) in [5.41, 5.74) is -0.291. The van der Waals surface area contributed by atoms with Gasteiger partial charge in [-0.15, -0.1) is 0 Å². The van der Waals surface area contributed by atoms with E-state index in [1.807, 2.05) is 6.07 Å². The number of hydrogen-bond donors (Lipinski definition) is 0. The van der Waals surface area contributed by atoms with E-state index >= 15 is 0 Å². The predicted octanol–water partition coefficient (Wildman–Crippen LogP) is 0.345. The Bertz CT molecular complexity index is 738. The quantitative estimate of drug-likeness (QED) is 0.793. The third kappa shape index (κ3) is 2.45. The van der Waals surface area contributed by atoms with Crippen molar-refractivity contribution >= 4 is 0 Å². The second-order valence-corrected chi connectivity index (χ2v) is 3.98. The molecule has 0 aliphatic carbocycles. The lowest BCUT2D eigenvalue weighted by atomic mass is 10.3. The standard InChI is InChI=1S/C13H12N4O2/c1-2-16-9-11(6-14)12(18)17(13(16)19)8-10-4-3-5-15-7-10/h3-5,7,9H,2,8H2,1H3. The fourth-order valence-corrected chi connectivity index (χ4v) is 1.77. The van der Waals surface area contributed by atoms with Crippen molar-refractivity contribution in [2.24, 2.45) is 0 Å². The topological polar surface area (TPSA) is 80.7 Å². The number of rotatable bonds is 3. The van der Waals surface area contributed by atoms with E-state index in [9.17, 15) is 9.59 Å². The van der Waals surface area contributed by atoms with Crippen LogP contribution in [0.25, 0.3) is 0 Å². The zero-order valence-corrected chi connectivity index (χ0v) is 10.4. The highest BCUT2D eigenvalue weighted by molar-refractivity contribution is 5.23. The van der Waals surface area contributed by atoms with Crippen molar-refractivity contribution in [3.63, 3.8) is 0 Å². The van der Waals surface area contributed by atoms with Crippen LogP contribution in [0.2, 0.25) is 0 Å². The van der Waals surface area contributed by atoms with E-state index in [0.29, 0.717) is 6.54 Å².